The second kappa shape index (κ2) is 8.14. The minimum absolute atomic E-state index is 0.0711. The van der Waals surface area contributed by atoms with E-state index in [9.17, 15) is 9.59 Å². The Labute approximate surface area is 164 Å². The summed E-state index contributed by atoms with van der Waals surface area (Å²) in [4.78, 5) is 26.0. The third kappa shape index (κ3) is 4.59. The van der Waals surface area contributed by atoms with Gasteiger partial charge in [0.2, 0.25) is 0 Å². The fourth-order valence-corrected chi connectivity index (χ4v) is 3.86. The van der Waals surface area contributed by atoms with Gasteiger partial charge in [-0.15, -0.1) is 0 Å². The summed E-state index contributed by atoms with van der Waals surface area (Å²) in [6.07, 6.45) is 7.63. The Morgan fingerprint density at radius 1 is 1.21 bits per heavy atom. The van der Waals surface area contributed by atoms with Crippen molar-refractivity contribution in [1.29, 1.82) is 0 Å². The number of aromatic nitrogens is 2. The molecule has 7 heteroatoms. The number of carbonyl (C=O) groups excluding carboxylic acids is 1. The van der Waals surface area contributed by atoms with Crippen LogP contribution in [0.5, 0.6) is 0 Å². The van der Waals surface area contributed by atoms with E-state index in [-0.39, 0.29) is 24.5 Å². The lowest BCUT2D eigenvalue weighted by Crippen LogP contribution is -2.55. The molecule has 0 atom stereocenters. The number of carboxylic acid groups (broad SMARTS) is 1. The average molecular weight is 382 g/mol. The van der Waals surface area contributed by atoms with Crippen LogP contribution in [0.15, 0.2) is 42.7 Å². The lowest BCUT2D eigenvalue weighted by molar-refractivity contribution is -0.139. The first kappa shape index (κ1) is 18.7. The quantitative estimate of drug-likeness (QED) is 0.693. The molecule has 7 nitrogen and oxygen atoms in total. The summed E-state index contributed by atoms with van der Waals surface area (Å²) in [5.74, 6) is -0.193. The number of carboxylic acids is 1. The molecule has 0 unspecified atom stereocenters. The number of nitrogens with zero attached hydrogens (tertiary/aromatic N) is 3. The van der Waals surface area contributed by atoms with Gasteiger partial charge in [-0.2, -0.15) is 5.10 Å². The highest BCUT2D eigenvalue weighted by atomic mass is 16.4. The van der Waals surface area contributed by atoms with Gasteiger partial charge in [0.1, 0.15) is 0 Å². The highest BCUT2D eigenvalue weighted by molar-refractivity contribution is 5.95. The third-order valence-electron chi connectivity index (χ3n) is 5.65. The molecule has 1 aromatic heterocycles. The van der Waals surface area contributed by atoms with Gasteiger partial charge in [-0.1, -0.05) is 18.2 Å². The van der Waals surface area contributed by atoms with Crippen LogP contribution in [0, 0.1) is 5.92 Å². The van der Waals surface area contributed by atoms with E-state index >= 15 is 0 Å². The molecule has 0 bridgehead atoms. The Morgan fingerprint density at radius 2 is 2.00 bits per heavy atom. The highest BCUT2D eigenvalue weighted by Crippen LogP contribution is 2.33. The van der Waals surface area contributed by atoms with Crippen molar-refractivity contribution in [3.05, 3.63) is 53.9 Å². The maximum absolute atomic E-state index is 12.8. The molecule has 0 spiro atoms. The Balaban J connectivity index is 1.33. The molecule has 2 saturated carbocycles. The predicted molar refractivity (Wildman–Crippen MR) is 104 cm³/mol. The van der Waals surface area contributed by atoms with E-state index < -0.39 is 5.97 Å². The van der Waals surface area contributed by atoms with Gasteiger partial charge in [-0.25, -0.2) is 0 Å². The van der Waals surface area contributed by atoms with Crippen molar-refractivity contribution >= 4 is 11.9 Å². The number of hydrogen-bond acceptors (Lipinski definition) is 4. The molecule has 2 aliphatic rings. The first-order valence-electron chi connectivity index (χ1n) is 9.90. The Kier molecular flexibility index (Phi) is 5.43. The molecule has 2 aromatic rings. The zero-order valence-electron chi connectivity index (χ0n) is 15.8. The number of rotatable bonds is 9. The van der Waals surface area contributed by atoms with Crippen molar-refractivity contribution in [2.45, 2.75) is 44.3 Å². The molecule has 28 heavy (non-hydrogen) atoms. The van der Waals surface area contributed by atoms with Crippen LogP contribution in [0.4, 0.5) is 0 Å². The van der Waals surface area contributed by atoms with Crippen molar-refractivity contribution in [3.63, 3.8) is 0 Å². The van der Waals surface area contributed by atoms with E-state index in [4.69, 9.17) is 5.11 Å². The summed E-state index contributed by atoms with van der Waals surface area (Å²) in [6, 6.07) is 9.80. The van der Waals surface area contributed by atoms with Crippen molar-refractivity contribution in [2.24, 2.45) is 5.92 Å². The van der Waals surface area contributed by atoms with Gasteiger partial charge >= 0.3 is 5.97 Å². The Morgan fingerprint density at radius 3 is 2.68 bits per heavy atom. The molecule has 4 rings (SSSR count). The standard InChI is InChI=1S/C21H26N4O3/c26-20(27)14-24(12-15-6-7-15)18-10-17(11-18)23-21(28)19-5-2-1-4-16(19)13-25-9-3-8-22-25/h1-5,8-9,15,17-18H,6-7,10-14H2,(H,23,28)(H,26,27). The van der Waals surface area contributed by atoms with Gasteiger partial charge in [0, 0.05) is 36.6 Å². The van der Waals surface area contributed by atoms with Crippen LogP contribution < -0.4 is 5.32 Å². The van der Waals surface area contributed by atoms with Crippen molar-refractivity contribution in [1.82, 2.24) is 20.0 Å². The molecule has 0 saturated heterocycles. The van der Waals surface area contributed by atoms with Crippen molar-refractivity contribution < 1.29 is 14.7 Å². The third-order valence-corrected chi connectivity index (χ3v) is 5.65. The van der Waals surface area contributed by atoms with Gasteiger partial charge in [0.15, 0.2) is 0 Å². The molecule has 0 aliphatic heterocycles. The molecular weight excluding hydrogens is 356 g/mol. The average Bonchev–Trinajstić information content (AvgIpc) is 3.30. The van der Waals surface area contributed by atoms with E-state index in [1.54, 1.807) is 10.9 Å². The van der Waals surface area contributed by atoms with Gasteiger partial charge in [-0.3, -0.25) is 19.2 Å². The van der Waals surface area contributed by atoms with Gasteiger partial charge < -0.3 is 10.4 Å². The first-order valence-corrected chi connectivity index (χ1v) is 9.90. The summed E-state index contributed by atoms with van der Waals surface area (Å²) in [5.41, 5.74) is 1.60. The van der Waals surface area contributed by atoms with E-state index in [1.807, 2.05) is 36.5 Å². The lowest BCUT2D eigenvalue weighted by Gasteiger charge is -2.42. The van der Waals surface area contributed by atoms with Gasteiger partial charge in [0.25, 0.3) is 5.91 Å². The summed E-state index contributed by atoms with van der Waals surface area (Å²) < 4.78 is 1.80. The molecule has 1 amide bonds. The molecule has 2 aliphatic carbocycles. The number of benzene rings is 1. The molecule has 148 valence electrons. The van der Waals surface area contributed by atoms with Crippen LogP contribution in [0.1, 0.15) is 41.6 Å². The lowest BCUT2D eigenvalue weighted by atomic mass is 9.85. The Bertz CT molecular complexity index is 826. The number of hydrogen-bond donors (Lipinski definition) is 2. The molecule has 2 N–H and O–H groups in total. The summed E-state index contributed by atoms with van der Waals surface area (Å²) in [7, 11) is 0. The molecular formula is C21H26N4O3. The van der Waals surface area contributed by atoms with Gasteiger partial charge in [-0.05, 0) is 49.3 Å². The molecule has 1 aromatic carbocycles. The summed E-state index contributed by atoms with van der Waals surface area (Å²) in [5, 5.41) is 16.5. The minimum atomic E-state index is -0.777. The highest BCUT2D eigenvalue weighted by Gasteiger charge is 2.37. The number of aliphatic carboxylic acids is 1. The number of carbonyl (C=O) groups is 2. The van der Waals surface area contributed by atoms with Crippen molar-refractivity contribution in [3.8, 4) is 0 Å². The zero-order valence-corrected chi connectivity index (χ0v) is 15.8. The predicted octanol–water partition coefficient (Wildman–Crippen LogP) is 1.99. The molecule has 2 fully saturated rings. The van der Waals surface area contributed by atoms with E-state index in [0.29, 0.717) is 18.0 Å². The van der Waals surface area contributed by atoms with Crippen LogP contribution in [0.2, 0.25) is 0 Å². The Hall–Kier alpha value is -2.67. The van der Waals surface area contributed by atoms with Crippen LogP contribution in [-0.2, 0) is 11.3 Å². The number of amides is 1. The number of nitrogens with one attached hydrogen (secondary N) is 1. The normalized spacial score (nSPS) is 21.3. The molecule has 1 heterocycles. The summed E-state index contributed by atoms with van der Waals surface area (Å²) >= 11 is 0. The molecule has 0 radical (unpaired) electrons. The van der Waals surface area contributed by atoms with Gasteiger partial charge in [0.05, 0.1) is 13.1 Å². The van der Waals surface area contributed by atoms with E-state index in [1.165, 1.54) is 12.8 Å². The second-order valence-electron chi connectivity index (χ2n) is 7.92. The monoisotopic (exact) mass is 382 g/mol. The van der Waals surface area contributed by atoms with Crippen LogP contribution in [0.3, 0.4) is 0 Å². The van der Waals surface area contributed by atoms with E-state index in [0.717, 1.165) is 24.9 Å². The fourth-order valence-electron chi connectivity index (χ4n) is 3.86. The summed E-state index contributed by atoms with van der Waals surface area (Å²) in [6.45, 7) is 1.51. The van der Waals surface area contributed by atoms with E-state index in [2.05, 4.69) is 15.3 Å². The minimum Gasteiger partial charge on any atom is -0.480 e. The second-order valence-corrected chi connectivity index (χ2v) is 7.92. The van der Waals surface area contributed by atoms with Crippen LogP contribution in [0.25, 0.3) is 0 Å². The largest absolute Gasteiger partial charge is 0.480 e. The smallest absolute Gasteiger partial charge is 0.317 e. The SMILES string of the molecule is O=C(O)CN(CC1CC1)C1CC(NC(=O)c2ccccc2Cn2cccn2)C1. The fraction of sp³-hybridized carbons (Fsp3) is 0.476. The maximum Gasteiger partial charge on any atom is 0.317 e. The topological polar surface area (TPSA) is 87.5 Å². The van der Waals surface area contributed by atoms with Crippen molar-refractivity contribution in [2.75, 3.05) is 13.1 Å². The zero-order chi connectivity index (χ0) is 19.5. The first-order chi connectivity index (χ1) is 13.6. The van der Waals surface area contributed by atoms with Crippen LogP contribution >= 0.6 is 0 Å². The van der Waals surface area contributed by atoms with Crippen LogP contribution in [-0.4, -0.2) is 56.8 Å². The maximum atomic E-state index is 12.8.